The van der Waals surface area contributed by atoms with Crippen LogP contribution in [0.25, 0.3) is 0 Å². The van der Waals surface area contributed by atoms with Crippen LogP contribution in [0.5, 0.6) is 0 Å². The fourth-order valence-corrected chi connectivity index (χ4v) is 1.41. The van der Waals surface area contributed by atoms with Crippen molar-refractivity contribution in [3.8, 4) is 0 Å². The Morgan fingerprint density at radius 3 is 2.15 bits per heavy atom. The molecule has 0 aliphatic carbocycles. The van der Waals surface area contributed by atoms with E-state index in [0.29, 0.717) is 4.90 Å². The number of alkyl halides is 3. The van der Waals surface area contributed by atoms with Crippen LogP contribution in [0.15, 0.2) is 29.2 Å². The Hall–Kier alpha value is -0.640. The molecule has 1 radical (unpaired) electrons. The van der Waals surface area contributed by atoms with Crippen molar-refractivity contribution < 1.29 is 13.2 Å². The second-order valence-electron chi connectivity index (χ2n) is 2.55. The van der Waals surface area contributed by atoms with Crippen molar-refractivity contribution >= 4 is 11.8 Å². The Balaban J connectivity index is 2.51. The molecule has 0 spiro atoms. The standard InChI is InChI=1S/C9H8F3S/c1-7-2-4-8(5-3-7)13-6-9(10,11)12/h2-5H,1,6H2. The van der Waals surface area contributed by atoms with E-state index >= 15 is 0 Å². The lowest BCUT2D eigenvalue weighted by Gasteiger charge is -2.05. The molecule has 0 atom stereocenters. The van der Waals surface area contributed by atoms with Gasteiger partial charge in [0.05, 0.1) is 5.75 Å². The molecule has 0 fully saturated rings. The molecular formula is C9H8F3S. The zero-order valence-corrected chi connectivity index (χ0v) is 7.58. The summed E-state index contributed by atoms with van der Waals surface area (Å²) in [6.45, 7) is 3.64. The summed E-state index contributed by atoms with van der Waals surface area (Å²) in [6, 6.07) is 6.66. The quantitative estimate of drug-likeness (QED) is 0.665. The highest BCUT2D eigenvalue weighted by molar-refractivity contribution is 7.99. The van der Waals surface area contributed by atoms with Crippen LogP contribution in [0.2, 0.25) is 0 Å². The van der Waals surface area contributed by atoms with Gasteiger partial charge in [-0.25, -0.2) is 0 Å². The lowest BCUT2D eigenvalue weighted by Crippen LogP contribution is -2.10. The summed E-state index contributed by atoms with van der Waals surface area (Å²) in [6.07, 6.45) is -4.10. The van der Waals surface area contributed by atoms with Gasteiger partial charge in [-0.3, -0.25) is 0 Å². The molecule has 0 aliphatic rings. The van der Waals surface area contributed by atoms with E-state index in [9.17, 15) is 13.2 Å². The van der Waals surface area contributed by atoms with Gasteiger partial charge in [-0.05, 0) is 24.6 Å². The monoisotopic (exact) mass is 205 g/mol. The molecule has 0 heterocycles. The summed E-state index contributed by atoms with van der Waals surface area (Å²) in [4.78, 5) is 0.615. The van der Waals surface area contributed by atoms with Gasteiger partial charge < -0.3 is 0 Å². The van der Waals surface area contributed by atoms with E-state index in [1.54, 1.807) is 24.3 Å². The largest absolute Gasteiger partial charge is 0.398 e. The third kappa shape index (κ3) is 4.22. The third-order valence-corrected chi connectivity index (χ3v) is 2.40. The maximum absolute atomic E-state index is 11.8. The zero-order chi connectivity index (χ0) is 9.90. The number of rotatable bonds is 2. The highest BCUT2D eigenvalue weighted by Crippen LogP contribution is 2.27. The van der Waals surface area contributed by atoms with Gasteiger partial charge in [-0.15, -0.1) is 11.8 Å². The fraction of sp³-hybridized carbons (Fsp3) is 0.222. The van der Waals surface area contributed by atoms with Gasteiger partial charge in [0.2, 0.25) is 0 Å². The van der Waals surface area contributed by atoms with Gasteiger partial charge in [0, 0.05) is 4.90 Å². The maximum atomic E-state index is 11.8. The highest BCUT2D eigenvalue weighted by Gasteiger charge is 2.26. The molecule has 0 nitrogen and oxygen atoms in total. The van der Waals surface area contributed by atoms with Crippen LogP contribution in [0.1, 0.15) is 5.56 Å². The van der Waals surface area contributed by atoms with E-state index in [1.807, 2.05) is 0 Å². The van der Waals surface area contributed by atoms with Crippen LogP contribution in [0.3, 0.4) is 0 Å². The van der Waals surface area contributed by atoms with Crippen molar-refractivity contribution in [3.63, 3.8) is 0 Å². The summed E-state index contributed by atoms with van der Waals surface area (Å²) >= 11 is 0.783. The number of halogens is 3. The average molecular weight is 205 g/mol. The molecule has 0 saturated carbocycles. The second kappa shape index (κ2) is 4.05. The van der Waals surface area contributed by atoms with E-state index in [0.717, 1.165) is 17.3 Å². The normalized spacial score (nSPS) is 11.7. The van der Waals surface area contributed by atoms with Gasteiger partial charge in [-0.1, -0.05) is 12.1 Å². The van der Waals surface area contributed by atoms with E-state index in [2.05, 4.69) is 6.92 Å². The summed E-state index contributed by atoms with van der Waals surface area (Å²) in [5.74, 6) is -0.844. The van der Waals surface area contributed by atoms with Crippen molar-refractivity contribution in [1.82, 2.24) is 0 Å². The summed E-state index contributed by atoms with van der Waals surface area (Å²) in [5, 5.41) is 0. The predicted octanol–water partition coefficient (Wildman–Crippen LogP) is 3.52. The van der Waals surface area contributed by atoms with Crippen LogP contribution < -0.4 is 0 Å². The van der Waals surface area contributed by atoms with Crippen molar-refractivity contribution in [2.45, 2.75) is 11.1 Å². The van der Waals surface area contributed by atoms with Crippen molar-refractivity contribution in [2.75, 3.05) is 5.75 Å². The molecule has 0 saturated heterocycles. The first-order chi connectivity index (χ1) is 5.97. The molecule has 0 bridgehead atoms. The number of hydrogen-bond donors (Lipinski definition) is 0. The average Bonchev–Trinajstić information content (AvgIpc) is 2.02. The lowest BCUT2D eigenvalue weighted by atomic mass is 10.2. The van der Waals surface area contributed by atoms with E-state index in [-0.39, 0.29) is 0 Å². The second-order valence-corrected chi connectivity index (χ2v) is 3.60. The first-order valence-electron chi connectivity index (χ1n) is 3.59. The minimum absolute atomic E-state index is 0.615. The summed E-state index contributed by atoms with van der Waals surface area (Å²) in [7, 11) is 0. The molecule has 0 aliphatic heterocycles. The minimum atomic E-state index is -4.10. The van der Waals surface area contributed by atoms with Crippen LogP contribution in [-0.4, -0.2) is 11.9 Å². The number of hydrogen-bond acceptors (Lipinski definition) is 1. The van der Waals surface area contributed by atoms with Crippen LogP contribution in [-0.2, 0) is 0 Å². The molecule has 71 valence electrons. The van der Waals surface area contributed by atoms with Gasteiger partial charge in [-0.2, -0.15) is 13.2 Å². The minimum Gasteiger partial charge on any atom is -0.170 e. The molecule has 1 aromatic carbocycles. The topological polar surface area (TPSA) is 0 Å². The van der Waals surface area contributed by atoms with Crippen LogP contribution in [0, 0.1) is 6.92 Å². The molecule has 4 heteroatoms. The van der Waals surface area contributed by atoms with Gasteiger partial charge in [0.15, 0.2) is 0 Å². The van der Waals surface area contributed by atoms with Gasteiger partial charge >= 0.3 is 6.18 Å². The molecule has 13 heavy (non-hydrogen) atoms. The maximum Gasteiger partial charge on any atom is 0.398 e. The predicted molar refractivity (Wildman–Crippen MR) is 47.7 cm³/mol. The Morgan fingerprint density at radius 2 is 1.69 bits per heavy atom. The molecule has 0 unspecified atom stereocenters. The highest BCUT2D eigenvalue weighted by atomic mass is 32.2. The van der Waals surface area contributed by atoms with Gasteiger partial charge in [0.1, 0.15) is 0 Å². The Morgan fingerprint density at radius 1 is 1.15 bits per heavy atom. The summed E-state index contributed by atoms with van der Waals surface area (Å²) < 4.78 is 35.4. The number of thioether (sulfide) groups is 1. The zero-order valence-electron chi connectivity index (χ0n) is 6.77. The first kappa shape index (κ1) is 10.4. The van der Waals surface area contributed by atoms with Gasteiger partial charge in [0.25, 0.3) is 0 Å². The molecule has 0 amide bonds. The fourth-order valence-electron chi connectivity index (χ4n) is 0.751. The molecule has 0 aromatic heterocycles. The molecule has 1 rings (SSSR count). The van der Waals surface area contributed by atoms with Crippen molar-refractivity contribution in [1.29, 1.82) is 0 Å². The Labute approximate surface area is 79.1 Å². The van der Waals surface area contributed by atoms with E-state index in [4.69, 9.17) is 0 Å². The lowest BCUT2D eigenvalue weighted by molar-refractivity contribution is -0.105. The van der Waals surface area contributed by atoms with E-state index in [1.165, 1.54) is 0 Å². The van der Waals surface area contributed by atoms with Crippen molar-refractivity contribution in [2.24, 2.45) is 0 Å². The van der Waals surface area contributed by atoms with Crippen LogP contribution >= 0.6 is 11.8 Å². The summed E-state index contributed by atoms with van der Waals surface area (Å²) in [5.41, 5.74) is 0.802. The molecule has 1 aromatic rings. The van der Waals surface area contributed by atoms with Crippen molar-refractivity contribution in [3.05, 3.63) is 36.8 Å². The number of benzene rings is 1. The SMILES string of the molecule is [CH2]c1ccc(SCC(F)(F)F)cc1. The Kier molecular flexibility index (Phi) is 3.25. The molecule has 0 N–H and O–H groups in total. The third-order valence-electron chi connectivity index (χ3n) is 1.33. The van der Waals surface area contributed by atoms with E-state index < -0.39 is 11.9 Å². The Bertz CT molecular complexity index is 263. The smallest absolute Gasteiger partial charge is 0.170 e. The first-order valence-corrected chi connectivity index (χ1v) is 4.57. The molecular weight excluding hydrogens is 197 g/mol. The van der Waals surface area contributed by atoms with Crippen LogP contribution in [0.4, 0.5) is 13.2 Å².